The highest BCUT2D eigenvalue weighted by Crippen LogP contribution is 2.44. The van der Waals surface area contributed by atoms with Crippen molar-refractivity contribution in [3.05, 3.63) is 70.1 Å². The molecule has 8 nitrogen and oxygen atoms in total. The number of anilines is 1. The first-order valence-corrected chi connectivity index (χ1v) is 13.7. The van der Waals surface area contributed by atoms with Gasteiger partial charge in [-0.25, -0.2) is 14.6 Å². The predicted molar refractivity (Wildman–Crippen MR) is 151 cm³/mol. The first-order chi connectivity index (χ1) is 18.7. The van der Waals surface area contributed by atoms with E-state index < -0.39 is 24.5 Å². The summed E-state index contributed by atoms with van der Waals surface area (Å²) in [6, 6.07) is 14.5. The molecule has 202 valence electrons. The maximum absolute atomic E-state index is 13.0. The molecule has 1 aliphatic carbocycles. The monoisotopic (exact) mass is 545 g/mol. The number of nitrogens with zero attached hydrogens (tertiary/aromatic N) is 1. The highest BCUT2D eigenvalue weighted by atomic mass is 32.1. The molecule has 0 spiro atoms. The molecule has 0 fully saturated rings. The normalized spacial score (nSPS) is 15.0. The third-order valence-electron chi connectivity index (χ3n) is 7.26. The van der Waals surface area contributed by atoms with E-state index in [0.29, 0.717) is 33.4 Å². The van der Waals surface area contributed by atoms with Gasteiger partial charge in [-0.05, 0) is 54.4 Å². The Morgan fingerprint density at radius 2 is 1.82 bits per heavy atom. The van der Waals surface area contributed by atoms with Gasteiger partial charge in [0.1, 0.15) is 10.8 Å². The minimum absolute atomic E-state index is 0.142. The minimum atomic E-state index is -0.645. The molecule has 0 saturated heterocycles. The van der Waals surface area contributed by atoms with Gasteiger partial charge < -0.3 is 19.8 Å². The number of benzene rings is 2. The fourth-order valence-electron chi connectivity index (χ4n) is 5.05. The summed E-state index contributed by atoms with van der Waals surface area (Å²) in [5, 5.41) is 3.23. The van der Waals surface area contributed by atoms with Gasteiger partial charge in [-0.2, -0.15) is 0 Å². The molecule has 39 heavy (non-hydrogen) atoms. The summed E-state index contributed by atoms with van der Waals surface area (Å²) in [6.45, 7) is 6.17. The zero-order valence-corrected chi connectivity index (χ0v) is 23.2. The Labute approximate surface area is 230 Å². The molecule has 2 aromatic carbocycles. The van der Waals surface area contributed by atoms with Crippen LogP contribution < -0.4 is 5.32 Å². The van der Waals surface area contributed by atoms with E-state index in [1.54, 1.807) is 18.2 Å². The zero-order chi connectivity index (χ0) is 27.7. The number of fused-ring (bicyclic) bond motifs is 2. The van der Waals surface area contributed by atoms with Crippen molar-refractivity contribution in [2.45, 2.75) is 40.0 Å². The van der Waals surface area contributed by atoms with Gasteiger partial charge >= 0.3 is 11.9 Å². The van der Waals surface area contributed by atoms with E-state index >= 15 is 0 Å². The largest absolute Gasteiger partial charge is 0.465 e. The van der Waals surface area contributed by atoms with E-state index in [4.69, 9.17) is 9.47 Å². The van der Waals surface area contributed by atoms with E-state index in [-0.39, 0.29) is 5.41 Å². The van der Waals surface area contributed by atoms with E-state index in [1.165, 1.54) is 18.4 Å². The Morgan fingerprint density at radius 1 is 1.08 bits per heavy atom. The number of aromatic amines is 1. The minimum Gasteiger partial charge on any atom is -0.465 e. The molecule has 1 amide bonds. The second-order valence-electron chi connectivity index (χ2n) is 10.8. The SMILES string of the molecule is COC(=O)c1c(NC(=O)COC(=O)c2ccccc2-c2nc3ccccc3[nH]2)sc2c1CCC(C(C)(C)C)C2. The van der Waals surface area contributed by atoms with Crippen LogP contribution >= 0.6 is 11.3 Å². The summed E-state index contributed by atoms with van der Waals surface area (Å²) in [5.41, 5.74) is 3.99. The number of imidazole rings is 1. The summed E-state index contributed by atoms with van der Waals surface area (Å²) in [7, 11) is 1.33. The number of hydrogen-bond donors (Lipinski definition) is 2. The molecule has 0 saturated carbocycles. The molecule has 0 aliphatic heterocycles. The van der Waals surface area contributed by atoms with Gasteiger partial charge in [0.15, 0.2) is 6.61 Å². The van der Waals surface area contributed by atoms with Crippen molar-refractivity contribution in [2.24, 2.45) is 11.3 Å². The molecule has 2 heterocycles. The molecular weight excluding hydrogens is 514 g/mol. The molecule has 4 aromatic rings. The standard InChI is InChI=1S/C30H31N3O5S/c1-30(2,3)17-13-14-20-23(15-17)39-27(25(20)29(36)37-4)33-24(34)16-38-28(35)19-10-6-5-9-18(19)26-31-21-11-7-8-12-22(21)32-26/h5-12,17H,13-16H2,1-4H3,(H,31,32)(H,33,34). The number of thiophene rings is 1. The van der Waals surface area contributed by atoms with E-state index in [2.05, 4.69) is 36.1 Å². The first kappa shape index (κ1) is 26.6. The quantitative estimate of drug-likeness (QED) is 0.287. The van der Waals surface area contributed by atoms with Crippen molar-refractivity contribution in [3.8, 4) is 11.4 Å². The van der Waals surface area contributed by atoms with Gasteiger partial charge in [-0.1, -0.05) is 51.1 Å². The molecule has 1 atom stereocenters. The lowest BCUT2D eigenvalue weighted by molar-refractivity contribution is -0.119. The van der Waals surface area contributed by atoms with Gasteiger partial charge in [0, 0.05) is 10.4 Å². The first-order valence-electron chi connectivity index (χ1n) is 12.9. The highest BCUT2D eigenvalue weighted by molar-refractivity contribution is 7.17. The Balaban J connectivity index is 1.31. The van der Waals surface area contributed by atoms with Crippen molar-refractivity contribution in [1.29, 1.82) is 0 Å². The van der Waals surface area contributed by atoms with Crippen LogP contribution in [0.25, 0.3) is 22.4 Å². The highest BCUT2D eigenvalue weighted by Gasteiger charge is 2.34. The summed E-state index contributed by atoms with van der Waals surface area (Å²) in [5.74, 6) is -0.638. The number of methoxy groups -OCH3 is 1. The molecule has 0 radical (unpaired) electrons. The van der Waals surface area contributed by atoms with Crippen LogP contribution in [-0.2, 0) is 27.1 Å². The molecule has 9 heteroatoms. The summed E-state index contributed by atoms with van der Waals surface area (Å²) in [6.07, 6.45) is 2.56. The summed E-state index contributed by atoms with van der Waals surface area (Å²) in [4.78, 5) is 47.4. The predicted octanol–water partition coefficient (Wildman–Crippen LogP) is 6.02. The Morgan fingerprint density at radius 3 is 2.56 bits per heavy atom. The number of aromatic nitrogens is 2. The van der Waals surface area contributed by atoms with Crippen LogP contribution in [0.15, 0.2) is 48.5 Å². The number of hydrogen-bond acceptors (Lipinski definition) is 7. The molecule has 1 aliphatic rings. The molecule has 0 bridgehead atoms. The van der Waals surface area contributed by atoms with Gasteiger partial charge in [-0.3, -0.25) is 4.79 Å². The topological polar surface area (TPSA) is 110 Å². The van der Waals surface area contributed by atoms with E-state index in [9.17, 15) is 14.4 Å². The summed E-state index contributed by atoms with van der Waals surface area (Å²) >= 11 is 1.40. The second kappa shape index (κ2) is 10.6. The third-order valence-corrected chi connectivity index (χ3v) is 8.43. The number of rotatable bonds is 6. The van der Waals surface area contributed by atoms with Crippen molar-refractivity contribution >= 4 is 45.2 Å². The fraction of sp³-hybridized carbons (Fsp3) is 0.333. The van der Waals surface area contributed by atoms with Gasteiger partial charge in [0.2, 0.25) is 0 Å². The van der Waals surface area contributed by atoms with Crippen LogP contribution in [0.3, 0.4) is 0 Å². The number of amides is 1. The lowest BCUT2D eigenvalue weighted by Gasteiger charge is -2.33. The van der Waals surface area contributed by atoms with Crippen LogP contribution in [0.5, 0.6) is 0 Å². The van der Waals surface area contributed by atoms with Crippen LogP contribution in [-0.4, -0.2) is 41.5 Å². The van der Waals surface area contributed by atoms with Crippen LogP contribution in [0.2, 0.25) is 0 Å². The average molecular weight is 546 g/mol. The number of carbonyl (C=O) groups is 3. The second-order valence-corrected chi connectivity index (χ2v) is 11.9. The van der Waals surface area contributed by atoms with Crippen LogP contribution in [0, 0.1) is 11.3 Å². The van der Waals surface area contributed by atoms with Crippen molar-refractivity contribution in [3.63, 3.8) is 0 Å². The number of esters is 2. The maximum Gasteiger partial charge on any atom is 0.341 e. The third kappa shape index (κ3) is 5.45. The lowest BCUT2D eigenvalue weighted by atomic mass is 9.72. The number of nitrogens with one attached hydrogen (secondary N) is 2. The lowest BCUT2D eigenvalue weighted by Crippen LogP contribution is -2.26. The molecule has 5 rings (SSSR count). The van der Waals surface area contributed by atoms with Gasteiger partial charge in [0.25, 0.3) is 5.91 Å². The fourth-order valence-corrected chi connectivity index (χ4v) is 6.38. The number of H-pyrrole nitrogens is 1. The maximum atomic E-state index is 13.0. The van der Waals surface area contributed by atoms with Crippen LogP contribution in [0.4, 0.5) is 5.00 Å². The zero-order valence-electron chi connectivity index (χ0n) is 22.4. The smallest absolute Gasteiger partial charge is 0.341 e. The van der Waals surface area contributed by atoms with E-state index in [0.717, 1.165) is 40.7 Å². The van der Waals surface area contributed by atoms with Crippen molar-refractivity contribution < 1.29 is 23.9 Å². The number of carbonyl (C=O) groups excluding carboxylic acids is 3. The Hall–Kier alpha value is -3.98. The van der Waals surface area contributed by atoms with E-state index in [1.807, 2.05) is 30.3 Å². The molecule has 2 N–H and O–H groups in total. The van der Waals surface area contributed by atoms with Crippen molar-refractivity contribution in [1.82, 2.24) is 9.97 Å². The van der Waals surface area contributed by atoms with Crippen LogP contribution in [0.1, 0.15) is 58.3 Å². The number of para-hydroxylation sites is 2. The Kier molecular flexibility index (Phi) is 7.27. The van der Waals surface area contributed by atoms with Gasteiger partial charge in [0.05, 0.1) is 29.3 Å². The molecule has 1 unspecified atom stereocenters. The van der Waals surface area contributed by atoms with Crippen molar-refractivity contribution in [2.75, 3.05) is 19.0 Å². The summed E-state index contributed by atoms with van der Waals surface area (Å²) < 4.78 is 10.4. The molecular formula is C30H31N3O5S. The van der Waals surface area contributed by atoms with Gasteiger partial charge in [-0.15, -0.1) is 11.3 Å². The average Bonchev–Trinajstić information content (AvgIpc) is 3.51. The Bertz CT molecular complexity index is 1530. The molecule has 2 aromatic heterocycles. The number of ether oxygens (including phenoxy) is 2.